The van der Waals surface area contributed by atoms with Crippen molar-refractivity contribution in [2.24, 2.45) is 0 Å². The molecule has 0 fully saturated rings. The molecular formula is C12H11BrClN3O2S. The Kier molecular flexibility index (Phi) is 3.62. The van der Waals surface area contributed by atoms with E-state index in [1.54, 1.807) is 12.3 Å². The van der Waals surface area contributed by atoms with Gasteiger partial charge >= 0.3 is 0 Å². The van der Waals surface area contributed by atoms with E-state index in [4.69, 9.17) is 11.6 Å². The molecule has 1 aliphatic heterocycles. The zero-order valence-electron chi connectivity index (χ0n) is 10.3. The third-order valence-electron chi connectivity index (χ3n) is 3.24. The van der Waals surface area contributed by atoms with Gasteiger partial charge in [-0.25, -0.2) is 13.4 Å². The molecule has 2 heterocycles. The van der Waals surface area contributed by atoms with Crippen molar-refractivity contribution in [3.8, 4) is 0 Å². The molecular weight excluding hydrogens is 366 g/mol. The summed E-state index contributed by atoms with van der Waals surface area (Å²) in [5.74, 6) is 0.757. The van der Waals surface area contributed by atoms with E-state index < -0.39 is 10.0 Å². The van der Waals surface area contributed by atoms with Crippen LogP contribution in [0.2, 0.25) is 5.02 Å². The van der Waals surface area contributed by atoms with Gasteiger partial charge in [0.05, 0.1) is 16.5 Å². The fourth-order valence-corrected chi connectivity index (χ4v) is 4.20. The summed E-state index contributed by atoms with van der Waals surface area (Å²) in [5.41, 5.74) is 0. The normalized spacial score (nSPS) is 16.1. The van der Waals surface area contributed by atoms with Crippen LogP contribution in [0, 0.1) is 0 Å². The van der Waals surface area contributed by atoms with Crippen molar-refractivity contribution >= 4 is 37.6 Å². The summed E-state index contributed by atoms with van der Waals surface area (Å²) >= 11 is 9.15. The fourth-order valence-electron chi connectivity index (χ4n) is 2.14. The van der Waals surface area contributed by atoms with E-state index in [1.807, 2.05) is 10.8 Å². The minimum atomic E-state index is -3.53. The van der Waals surface area contributed by atoms with Crippen molar-refractivity contribution in [3.05, 3.63) is 45.9 Å². The highest BCUT2D eigenvalue weighted by molar-refractivity contribution is 9.10. The first-order valence-corrected chi connectivity index (χ1v) is 8.55. The molecule has 20 heavy (non-hydrogen) atoms. The highest BCUT2D eigenvalue weighted by Crippen LogP contribution is 2.28. The predicted molar refractivity (Wildman–Crippen MR) is 79.0 cm³/mol. The minimum Gasteiger partial charge on any atom is -0.333 e. The Hall–Kier alpha value is -0.890. The zero-order chi connectivity index (χ0) is 14.3. The Morgan fingerprint density at radius 3 is 2.85 bits per heavy atom. The van der Waals surface area contributed by atoms with Gasteiger partial charge in [-0.15, -0.1) is 0 Å². The van der Waals surface area contributed by atoms with Gasteiger partial charge in [0, 0.05) is 30.0 Å². The van der Waals surface area contributed by atoms with Crippen molar-refractivity contribution in [3.63, 3.8) is 0 Å². The molecule has 3 rings (SSSR count). The number of sulfonamides is 1. The maximum Gasteiger partial charge on any atom is 0.243 e. The SMILES string of the molecule is O=S(=O)(c1ccc(Cl)c(Br)c1)N1CCn2ccnc2C1. The summed E-state index contributed by atoms with van der Waals surface area (Å²) in [6.45, 7) is 1.34. The van der Waals surface area contributed by atoms with Gasteiger partial charge in [-0.3, -0.25) is 0 Å². The van der Waals surface area contributed by atoms with Crippen LogP contribution in [0.4, 0.5) is 0 Å². The van der Waals surface area contributed by atoms with Crippen LogP contribution in [0.3, 0.4) is 0 Å². The van der Waals surface area contributed by atoms with Crippen molar-refractivity contribution < 1.29 is 8.42 Å². The van der Waals surface area contributed by atoms with Gasteiger partial charge < -0.3 is 4.57 Å². The number of nitrogens with zero attached hydrogens (tertiary/aromatic N) is 3. The lowest BCUT2D eigenvalue weighted by atomic mass is 10.4. The number of benzene rings is 1. The number of fused-ring (bicyclic) bond motifs is 1. The summed E-state index contributed by atoms with van der Waals surface area (Å²) in [6, 6.07) is 4.62. The molecule has 106 valence electrons. The van der Waals surface area contributed by atoms with Crippen molar-refractivity contribution in [2.75, 3.05) is 6.54 Å². The van der Waals surface area contributed by atoms with Crippen LogP contribution >= 0.6 is 27.5 Å². The lowest BCUT2D eigenvalue weighted by Crippen LogP contribution is -2.38. The third-order valence-corrected chi connectivity index (χ3v) is 6.29. The lowest BCUT2D eigenvalue weighted by molar-refractivity contribution is 0.335. The Morgan fingerprint density at radius 1 is 1.30 bits per heavy atom. The molecule has 1 aliphatic rings. The van der Waals surface area contributed by atoms with Crippen molar-refractivity contribution in [2.45, 2.75) is 18.0 Å². The molecule has 8 heteroatoms. The monoisotopic (exact) mass is 375 g/mol. The molecule has 0 N–H and O–H groups in total. The second kappa shape index (κ2) is 5.14. The number of halogens is 2. The van der Waals surface area contributed by atoms with Gasteiger partial charge in [-0.2, -0.15) is 4.31 Å². The minimum absolute atomic E-state index is 0.230. The molecule has 1 aromatic carbocycles. The summed E-state index contributed by atoms with van der Waals surface area (Å²) in [6.07, 6.45) is 3.54. The predicted octanol–water partition coefficient (Wildman–Crippen LogP) is 2.50. The summed E-state index contributed by atoms with van der Waals surface area (Å²) in [7, 11) is -3.53. The second-order valence-corrected chi connectivity index (χ2v) is 7.65. The largest absolute Gasteiger partial charge is 0.333 e. The van der Waals surface area contributed by atoms with Gasteiger partial charge in [0.15, 0.2) is 0 Å². The van der Waals surface area contributed by atoms with E-state index in [0.717, 1.165) is 5.82 Å². The number of hydrogen-bond acceptors (Lipinski definition) is 3. The quantitative estimate of drug-likeness (QED) is 0.809. The van der Waals surface area contributed by atoms with E-state index in [9.17, 15) is 8.42 Å². The van der Waals surface area contributed by atoms with Gasteiger partial charge in [0.2, 0.25) is 10.0 Å². The standard InChI is InChI=1S/C12H11BrClN3O2S/c13-10-7-9(1-2-11(10)14)20(18,19)17-6-5-16-4-3-15-12(16)8-17/h1-4,7H,5-6,8H2. The van der Waals surface area contributed by atoms with E-state index >= 15 is 0 Å². The topological polar surface area (TPSA) is 55.2 Å². The number of aromatic nitrogens is 2. The molecule has 0 atom stereocenters. The Morgan fingerprint density at radius 2 is 2.10 bits per heavy atom. The highest BCUT2D eigenvalue weighted by atomic mass is 79.9. The van der Waals surface area contributed by atoms with Gasteiger partial charge in [-0.05, 0) is 34.1 Å². The highest BCUT2D eigenvalue weighted by Gasteiger charge is 2.29. The first kappa shape index (κ1) is 14.1. The Balaban J connectivity index is 1.95. The van der Waals surface area contributed by atoms with Crippen LogP contribution in [0.15, 0.2) is 40.0 Å². The molecule has 0 spiro atoms. The molecule has 1 aromatic heterocycles. The molecule has 0 saturated heterocycles. The van der Waals surface area contributed by atoms with Crippen LogP contribution in [0.25, 0.3) is 0 Å². The van der Waals surface area contributed by atoms with Crippen molar-refractivity contribution in [1.82, 2.24) is 13.9 Å². The summed E-state index contributed by atoms with van der Waals surface area (Å²) < 4.78 is 29.2. The molecule has 0 bridgehead atoms. The van der Waals surface area contributed by atoms with E-state index in [2.05, 4.69) is 20.9 Å². The number of hydrogen-bond donors (Lipinski definition) is 0. The van der Waals surface area contributed by atoms with E-state index in [1.165, 1.54) is 16.4 Å². The molecule has 0 saturated carbocycles. The first-order valence-electron chi connectivity index (χ1n) is 5.94. The average molecular weight is 377 g/mol. The maximum absolute atomic E-state index is 12.6. The smallest absolute Gasteiger partial charge is 0.243 e. The van der Waals surface area contributed by atoms with Crippen LogP contribution in [-0.4, -0.2) is 28.8 Å². The Bertz CT molecular complexity index is 760. The maximum atomic E-state index is 12.6. The molecule has 0 radical (unpaired) electrons. The van der Waals surface area contributed by atoms with Gasteiger partial charge in [-0.1, -0.05) is 11.6 Å². The van der Waals surface area contributed by atoms with Gasteiger partial charge in [0.25, 0.3) is 0 Å². The molecule has 0 unspecified atom stereocenters. The van der Waals surface area contributed by atoms with Crippen LogP contribution in [-0.2, 0) is 23.1 Å². The molecule has 2 aromatic rings. The molecule has 5 nitrogen and oxygen atoms in total. The summed E-state index contributed by atoms with van der Waals surface area (Å²) in [5, 5.41) is 0.484. The molecule has 0 amide bonds. The Labute approximate surface area is 130 Å². The zero-order valence-corrected chi connectivity index (χ0v) is 13.5. The van der Waals surface area contributed by atoms with Crippen LogP contribution in [0.1, 0.15) is 5.82 Å². The van der Waals surface area contributed by atoms with Gasteiger partial charge in [0.1, 0.15) is 5.82 Å². The summed E-state index contributed by atoms with van der Waals surface area (Å²) in [4.78, 5) is 4.40. The molecule has 0 aliphatic carbocycles. The van der Waals surface area contributed by atoms with E-state index in [-0.39, 0.29) is 11.4 Å². The fraction of sp³-hybridized carbons (Fsp3) is 0.250. The number of imidazole rings is 1. The van der Waals surface area contributed by atoms with Crippen molar-refractivity contribution in [1.29, 1.82) is 0 Å². The van der Waals surface area contributed by atoms with Crippen LogP contribution < -0.4 is 0 Å². The van der Waals surface area contributed by atoms with Crippen LogP contribution in [0.5, 0.6) is 0 Å². The average Bonchev–Trinajstić information content (AvgIpc) is 2.89. The number of rotatable bonds is 2. The second-order valence-electron chi connectivity index (χ2n) is 4.45. The lowest BCUT2D eigenvalue weighted by Gasteiger charge is -2.27. The first-order chi connectivity index (χ1) is 9.48. The third kappa shape index (κ3) is 2.39. The van der Waals surface area contributed by atoms with E-state index in [0.29, 0.717) is 22.6 Å².